The van der Waals surface area contributed by atoms with Crippen molar-refractivity contribution in [2.24, 2.45) is 0 Å². The zero-order valence-electron chi connectivity index (χ0n) is 20.0. The topological polar surface area (TPSA) is 151 Å². The summed E-state index contributed by atoms with van der Waals surface area (Å²) in [4.78, 5) is 45.4. The number of hydrogen-bond donors (Lipinski definition) is 4. The summed E-state index contributed by atoms with van der Waals surface area (Å²) in [6, 6.07) is 0. The molecule has 2 fully saturated rings. The second-order valence-electron chi connectivity index (χ2n) is 10.4. The lowest BCUT2D eigenvalue weighted by atomic mass is 9.98. The number of rotatable bonds is 4. The summed E-state index contributed by atoms with van der Waals surface area (Å²) in [5, 5.41) is 23.3. The van der Waals surface area contributed by atoms with Crippen molar-refractivity contribution in [3.63, 3.8) is 0 Å². The lowest BCUT2D eigenvalue weighted by Gasteiger charge is -2.27. The highest BCUT2D eigenvalue weighted by atomic mass is 16.6. The van der Waals surface area contributed by atoms with Crippen molar-refractivity contribution in [3.05, 3.63) is 0 Å². The molecule has 0 heterocycles. The summed E-state index contributed by atoms with van der Waals surface area (Å²) in [5.74, 6) is -1.95. The highest BCUT2D eigenvalue weighted by Crippen LogP contribution is 2.31. The Morgan fingerprint density at radius 1 is 0.625 bits per heavy atom. The number of aliphatic carboxylic acids is 2. The summed E-state index contributed by atoms with van der Waals surface area (Å²) < 4.78 is 10.1. The molecule has 0 saturated heterocycles. The van der Waals surface area contributed by atoms with Crippen LogP contribution in [-0.4, -0.2) is 56.6 Å². The zero-order valence-corrected chi connectivity index (χ0v) is 20.0. The van der Waals surface area contributed by atoms with Crippen LogP contribution in [0, 0.1) is 0 Å². The first-order valence-corrected chi connectivity index (χ1v) is 11.0. The quantitative estimate of drug-likeness (QED) is 0.496. The molecule has 184 valence electrons. The average molecular weight is 459 g/mol. The molecule has 2 saturated carbocycles. The minimum Gasteiger partial charge on any atom is -0.480 e. The molecular weight excluding hydrogens is 420 g/mol. The van der Waals surface area contributed by atoms with Crippen LogP contribution in [0.15, 0.2) is 0 Å². The number of carboxylic acid groups (broad SMARTS) is 2. The van der Waals surface area contributed by atoms with Crippen LogP contribution in [0.3, 0.4) is 0 Å². The van der Waals surface area contributed by atoms with E-state index in [0.29, 0.717) is 25.7 Å². The maximum Gasteiger partial charge on any atom is 0.408 e. The number of ether oxygens (including phenoxy) is 2. The van der Waals surface area contributed by atoms with E-state index in [4.69, 9.17) is 19.7 Å². The summed E-state index contributed by atoms with van der Waals surface area (Å²) >= 11 is 0. The summed E-state index contributed by atoms with van der Waals surface area (Å²) in [6.07, 6.45) is 3.87. The van der Waals surface area contributed by atoms with Gasteiger partial charge in [0.15, 0.2) is 0 Å². The SMILES string of the molecule is CC(C)(C)OC(=O)NC1(C(=O)O)CCCC1.CC(C)(C)OC(=O)NC1(C(=O)O)CCCC1. The lowest BCUT2D eigenvalue weighted by molar-refractivity contribution is -0.145. The highest BCUT2D eigenvalue weighted by molar-refractivity contribution is 5.85. The molecule has 2 aliphatic carbocycles. The Labute approximate surface area is 189 Å². The van der Waals surface area contributed by atoms with Crippen LogP contribution in [0.5, 0.6) is 0 Å². The van der Waals surface area contributed by atoms with E-state index >= 15 is 0 Å². The first-order valence-electron chi connectivity index (χ1n) is 11.0. The van der Waals surface area contributed by atoms with Crippen molar-refractivity contribution in [1.29, 1.82) is 0 Å². The van der Waals surface area contributed by atoms with Gasteiger partial charge in [-0.25, -0.2) is 19.2 Å². The number of amides is 2. The maximum atomic E-state index is 11.5. The number of carbonyl (C=O) groups is 4. The summed E-state index contributed by atoms with van der Waals surface area (Å²) in [5.41, 5.74) is -3.46. The Morgan fingerprint density at radius 3 is 1.06 bits per heavy atom. The molecule has 0 bridgehead atoms. The fourth-order valence-corrected chi connectivity index (χ4v) is 3.74. The molecule has 0 aromatic carbocycles. The molecule has 0 aromatic rings. The van der Waals surface area contributed by atoms with E-state index in [1.807, 2.05) is 0 Å². The molecular formula is C22H38N2O8. The number of hydrogen-bond acceptors (Lipinski definition) is 6. The van der Waals surface area contributed by atoms with Crippen molar-refractivity contribution >= 4 is 24.1 Å². The molecule has 0 aliphatic heterocycles. The molecule has 10 nitrogen and oxygen atoms in total. The van der Waals surface area contributed by atoms with Gasteiger partial charge in [0, 0.05) is 0 Å². The molecule has 2 amide bonds. The number of carbonyl (C=O) groups excluding carboxylic acids is 2. The molecule has 32 heavy (non-hydrogen) atoms. The van der Waals surface area contributed by atoms with E-state index in [1.165, 1.54) is 0 Å². The van der Waals surface area contributed by atoms with Gasteiger partial charge in [0.1, 0.15) is 22.3 Å². The monoisotopic (exact) mass is 458 g/mol. The number of nitrogens with one attached hydrogen (secondary N) is 2. The second-order valence-corrected chi connectivity index (χ2v) is 10.4. The second kappa shape index (κ2) is 10.4. The van der Waals surface area contributed by atoms with Crippen molar-refractivity contribution in [2.45, 2.75) is 115 Å². The number of carboxylic acids is 2. The highest BCUT2D eigenvalue weighted by Gasteiger charge is 2.44. The maximum absolute atomic E-state index is 11.5. The predicted octanol–water partition coefficient (Wildman–Crippen LogP) is 3.82. The molecule has 2 aliphatic rings. The van der Waals surface area contributed by atoms with E-state index in [2.05, 4.69) is 10.6 Å². The van der Waals surface area contributed by atoms with E-state index in [1.54, 1.807) is 41.5 Å². The van der Waals surface area contributed by atoms with Crippen LogP contribution in [0.2, 0.25) is 0 Å². The Bertz CT molecular complexity index is 634. The predicted molar refractivity (Wildman–Crippen MR) is 116 cm³/mol. The molecule has 0 atom stereocenters. The van der Waals surface area contributed by atoms with Gasteiger partial charge in [-0.2, -0.15) is 0 Å². The Morgan fingerprint density at radius 2 is 0.875 bits per heavy atom. The minimum absolute atomic E-state index is 0.474. The third kappa shape index (κ3) is 8.55. The minimum atomic E-state index is -1.12. The average Bonchev–Trinajstić information content (AvgIpc) is 3.22. The van der Waals surface area contributed by atoms with Crippen molar-refractivity contribution in [3.8, 4) is 0 Å². The van der Waals surface area contributed by atoms with Crippen molar-refractivity contribution < 1.29 is 38.9 Å². The first kappa shape index (κ1) is 27.5. The van der Waals surface area contributed by atoms with Gasteiger partial charge in [0.05, 0.1) is 0 Å². The van der Waals surface area contributed by atoms with Crippen LogP contribution in [-0.2, 0) is 19.1 Å². The van der Waals surface area contributed by atoms with E-state index in [9.17, 15) is 19.2 Å². The van der Waals surface area contributed by atoms with Crippen molar-refractivity contribution in [1.82, 2.24) is 10.6 Å². The zero-order chi connectivity index (χ0) is 24.8. The van der Waals surface area contributed by atoms with Gasteiger partial charge < -0.3 is 30.3 Å². The van der Waals surface area contributed by atoms with Gasteiger partial charge in [-0.1, -0.05) is 25.7 Å². The Kier molecular flexibility index (Phi) is 8.94. The van der Waals surface area contributed by atoms with Crippen LogP contribution in [0.4, 0.5) is 9.59 Å². The Hall–Kier alpha value is -2.52. The van der Waals surface area contributed by atoms with Gasteiger partial charge in [-0.05, 0) is 67.2 Å². The summed E-state index contributed by atoms with van der Waals surface area (Å²) in [6.45, 7) is 10.5. The largest absolute Gasteiger partial charge is 0.480 e. The van der Waals surface area contributed by atoms with E-state index < -0.39 is 46.4 Å². The van der Waals surface area contributed by atoms with Gasteiger partial charge in [0.2, 0.25) is 0 Å². The van der Waals surface area contributed by atoms with Gasteiger partial charge in [-0.3, -0.25) is 0 Å². The van der Waals surface area contributed by atoms with Gasteiger partial charge >= 0.3 is 24.1 Å². The molecule has 10 heteroatoms. The molecule has 0 spiro atoms. The van der Waals surface area contributed by atoms with Gasteiger partial charge in [0.25, 0.3) is 0 Å². The third-order valence-electron chi connectivity index (χ3n) is 5.21. The molecule has 0 radical (unpaired) electrons. The molecule has 2 rings (SSSR count). The third-order valence-corrected chi connectivity index (χ3v) is 5.21. The van der Waals surface area contributed by atoms with E-state index in [0.717, 1.165) is 25.7 Å². The summed E-state index contributed by atoms with van der Waals surface area (Å²) in [7, 11) is 0. The van der Waals surface area contributed by atoms with Crippen molar-refractivity contribution in [2.75, 3.05) is 0 Å². The first-order chi connectivity index (χ1) is 14.5. The fraction of sp³-hybridized carbons (Fsp3) is 0.818. The Balaban J connectivity index is 0.000000320. The smallest absolute Gasteiger partial charge is 0.408 e. The molecule has 0 aromatic heterocycles. The fourth-order valence-electron chi connectivity index (χ4n) is 3.74. The molecule has 4 N–H and O–H groups in total. The van der Waals surface area contributed by atoms with Crippen LogP contribution in [0.1, 0.15) is 92.9 Å². The van der Waals surface area contributed by atoms with E-state index in [-0.39, 0.29) is 0 Å². The lowest BCUT2D eigenvalue weighted by Crippen LogP contribution is -2.53. The van der Waals surface area contributed by atoms with Gasteiger partial charge in [-0.15, -0.1) is 0 Å². The van der Waals surface area contributed by atoms with Crippen LogP contribution < -0.4 is 10.6 Å². The number of alkyl carbamates (subject to hydrolysis) is 2. The van der Waals surface area contributed by atoms with Crippen LogP contribution in [0.25, 0.3) is 0 Å². The standard InChI is InChI=1S/2C11H19NO4/c2*1-10(2,3)16-9(15)12-11(8(13)14)6-4-5-7-11/h2*4-7H2,1-3H3,(H,12,15)(H,13,14). The molecule has 0 unspecified atom stereocenters. The normalized spacial score (nSPS) is 19.2. The van der Waals surface area contributed by atoms with Crippen LogP contribution >= 0.6 is 0 Å².